The first-order chi connectivity index (χ1) is 13.6. The number of nitrogens with zero attached hydrogens (tertiary/aromatic N) is 4. The number of halogens is 1. The van der Waals surface area contributed by atoms with Gasteiger partial charge in [-0.15, -0.1) is 0 Å². The van der Waals surface area contributed by atoms with E-state index in [0.29, 0.717) is 17.3 Å². The molecule has 0 radical (unpaired) electrons. The standard InChI is InChI=1S/C20H20ClN5O2/c1-14-11-19(24-28-14)23-20(27)18-13-17(5-6-22-18)26-9-7-25(8-10-26)16-4-2-3-15(21)12-16/h2-6,11-13H,7-10H2,1H3,(H,23,24,27). The van der Waals surface area contributed by atoms with Crippen molar-refractivity contribution in [3.8, 4) is 0 Å². The summed E-state index contributed by atoms with van der Waals surface area (Å²) in [6.45, 7) is 5.22. The fourth-order valence-corrected chi connectivity index (χ4v) is 3.43. The average Bonchev–Trinajstić information content (AvgIpc) is 3.13. The maximum absolute atomic E-state index is 12.4. The Morgan fingerprint density at radius 3 is 2.43 bits per heavy atom. The Morgan fingerprint density at radius 2 is 1.79 bits per heavy atom. The van der Waals surface area contributed by atoms with Crippen molar-refractivity contribution in [3.05, 3.63) is 65.1 Å². The second-order valence-corrected chi connectivity index (χ2v) is 7.07. The summed E-state index contributed by atoms with van der Waals surface area (Å²) in [5.74, 6) is 0.701. The summed E-state index contributed by atoms with van der Waals surface area (Å²) in [6.07, 6.45) is 1.65. The van der Waals surface area contributed by atoms with Gasteiger partial charge < -0.3 is 19.6 Å². The molecule has 0 atom stereocenters. The fraction of sp³-hybridized carbons (Fsp3) is 0.250. The molecule has 1 saturated heterocycles. The fourth-order valence-electron chi connectivity index (χ4n) is 3.24. The van der Waals surface area contributed by atoms with Gasteiger partial charge in [0.05, 0.1) is 0 Å². The predicted molar refractivity (Wildman–Crippen MR) is 109 cm³/mol. The molecule has 0 bridgehead atoms. The highest BCUT2D eigenvalue weighted by Gasteiger charge is 2.19. The second kappa shape index (κ2) is 7.90. The minimum absolute atomic E-state index is 0.312. The van der Waals surface area contributed by atoms with Gasteiger partial charge in [-0.25, -0.2) is 0 Å². The first-order valence-electron chi connectivity index (χ1n) is 9.05. The molecular weight excluding hydrogens is 378 g/mol. The molecule has 1 fully saturated rings. The zero-order chi connectivity index (χ0) is 19.5. The average molecular weight is 398 g/mol. The Labute approximate surface area is 167 Å². The highest BCUT2D eigenvalue weighted by atomic mass is 35.5. The third-order valence-corrected chi connectivity index (χ3v) is 4.90. The summed E-state index contributed by atoms with van der Waals surface area (Å²) in [5.41, 5.74) is 2.45. The van der Waals surface area contributed by atoms with E-state index in [0.717, 1.165) is 42.6 Å². The minimum Gasteiger partial charge on any atom is -0.368 e. The first kappa shape index (κ1) is 18.3. The third-order valence-electron chi connectivity index (χ3n) is 4.66. The number of hydrogen-bond acceptors (Lipinski definition) is 6. The monoisotopic (exact) mass is 397 g/mol. The summed E-state index contributed by atoms with van der Waals surface area (Å²) >= 11 is 6.10. The molecule has 2 aromatic heterocycles. The van der Waals surface area contributed by atoms with Gasteiger partial charge in [0, 0.05) is 54.8 Å². The van der Waals surface area contributed by atoms with E-state index in [9.17, 15) is 4.79 Å². The maximum Gasteiger partial charge on any atom is 0.275 e. The number of amides is 1. The van der Waals surface area contributed by atoms with Gasteiger partial charge in [0.2, 0.25) is 0 Å². The molecule has 0 spiro atoms. The van der Waals surface area contributed by atoms with Crippen LogP contribution in [0.15, 0.2) is 53.2 Å². The Balaban J connectivity index is 1.41. The summed E-state index contributed by atoms with van der Waals surface area (Å²) in [6, 6.07) is 13.3. The van der Waals surface area contributed by atoms with E-state index in [-0.39, 0.29) is 5.91 Å². The van der Waals surface area contributed by atoms with Crippen molar-refractivity contribution < 1.29 is 9.32 Å². The van der Waals surface area contributed by atoms with Gasteiger partial charge in [0.15, 0.2) is 5.82 Å². The molecule has 0 unspecified atom stereocenters. The number of aromatic nitrogens is 2. The molecule has 1 aliphatic heterocycles. The van der Waals surface area contributed by atoms with Crippen molar-refractivity contribution in [2.24, 2.45) is 0 Å². The Hall–Kier alpha value is -3.06. The molecule has 3 aromatic rings. The molecule has 4 rings (SSSR count). The number of anilines is 3. The van der Waals surface area contributed by atoms with Crippen molar-refractivity contribution in [1.29, 1.82) is 0 Å². The number of piperazine rings is 1. The molecule has 1 amide bonds. The number of carbonyl (C=O) groups excluding carboxylic acids is 1. The molecule has 1 N–H and O–H groups in total. The van der Waals surface area contributed by atoms with Gasteiger partial charge >= 0.3 is 0 Å². The van der Waals surface area contributed by atoms with Crippen LogP contribution in [-0.2, 0) is 0 Å². The third kappa shape index (κ3) is 4.09. The van der Waals surface area contributed by atoms with Crippen LogP contribution < -0.4 is 15.1 Å². The van der Waals surface area contributed by atoms with E-state index < -0.39 is 0 Å². The van der Waals surface area contributed by atoms with Gasteiger partial charge in [-0.2, -0.15) is 0 Å². The van der Waals surface area contributed by atoms with E-state index in [2.05, 4.69) is 31.3 Å². The largest absolute Gasteiger partial charge is 0.368 e. The molecule has 1 aliphatic rings. The molecule has 0 aliphatic carbocycles. The minimum atomic E-state index is -0.312. The number of benzene rings is 1. The van der Waals surface area contributed by atoms with Crippen LogP contribution >= 0.6 is 11.6 Å². The van der Waals surface area contributed by atoms with Crippen LogP contribution in [0.2, 0.25) is 5.02 Å². The molecule has 1 aromatic carbocycles. The maximum atomic E-state index is 12.4. The number of hydrogen-bond donors (Lipinski definition) is 1. The Kier molecular flexibility index (Phi) is 5.16. The van der Waals surface area contributed by atoms with E-state index in [1.165, 1.54) is 0 Å². The Bertz CT molecular complexity index is 982. The Morgan fingerprint density at radius 1 is 1.07 bits per heavy atom. The summed E-state index contributed by atoms with van der Waals surface area (Å²) in [4.78, 5) is 21.2. The molecule has 0 saturated carbocycles. The lowest BCUT2D eigenvalue weighted by molar-refractivity contribution is 0.102. The number of carbonyl (C=O) groups is 1. The first-order valence-corrected chi connectivity index (χ1v) is 9.42. The zero-order valence-electron chi connectivity index (χ0n) is 15.4. The van der Waals surface area contributed by atoms with Gasteiger partial charge in [0.1, 0.15) is 11.5 Å². The van der Waals surface area contributed by atoms with Crippen molar-refractivity contribution in [2.45, 2.75) is 6.92 Å². The quantitative estimate of drug-likeness (QED) is 0.724. The van der Waals surface area contributed by atoms with E-state index in [1.807, 2.05) is 24.3 Å². The van der Waals surface area contributed by atoms with Crippen LogP contribution in [0, 0.1) is 6.92 Å². The van der Waals surface area contributed by atoms with Crippen LogP contribution in [-0.4, -0.2) is 42.2 Å². The summed E-state index contributed by atoms with van der Waals surface area (Å²) in [5, 5.41) is 7.22. The van der Waals surface area contributed by atoms with Crippen LogP contribution in [0.4, 0.5) is 17.2 Å². The van der Waals surface area contributed by atoms with Crippen molar-refractivity contribution in [1.82, 2.24) is 10.1 Å². The zero-order valence-corrected chi connectivity index (χ0v) is 16.2. The van der Waals surface area contributed by atoms with Crippen molar-refractivity contribution in [3.63, 3.8) is 0 Å². The molecule has 28 heavy (non-hydrogen) atoms. The lowest BCUT2D eigenvalue weighted by Crippen LogP contribution is -2.46. The molecular formula is C20H20ClN5O2. The van der Waals surface area contributed by atoms with Gasteiger partial charge in [-0.05, 0) is 37.3 Å². The molecule has 7 nitrogen and oxygen atoms in total. The van der Waals surface area contributed by atoms with E-state index in [1.54, 1.807) is 25.3 Å². The van der Waals surface area contributed by atoms with Gasteiger partial charge in [0.25, 0.3) is 5.91 Å². The van der Waals surface area contributed by atoms with Crippen LogP contribution in [0.3, 0.4) is 0 Å². The van der Waals surface area contributed by atoms with Crippen LogP contribution in [0.5, 0.6) is 0 Å². The number of rotatable bonds is 4. The van der Waals surface area contributed by atoms with Gasteiger partial charge in [-0.1, -0.05) is 22.8 Å². The highest BCUT2D eigenvalue weighted by molar-refractivity contribution is 6.30. The lowest BCUT2D eigenvalue weighted by Gasteiger charge is -2.37. The normalized spacial score (nSPS) is 14.2. The smallest absolute Gasteiger partial charge is 0.275 e. The van der Waals surface area contributed by atoms with Crippen LogP contribution in [0.1, 0.15) is 16.2 Å². The van der Waals surface area contributed by atoms with Gasteiger partial charge in [-0.3, -0.25) is 9.78 Å². The highest BCUT2D eigenvalue weighted by Crippen LogP contribution is 2.23. The number of nitrogens with one attached hydrogen (secondary N) is 1. The number of pyridine rings is 1. The lowest BCUT2D eigenvalue weighted by atomic mass is 10.2. The van der Waals surface area contributed by atoms with E-state index in [4.69, 9.17) is 16.1 Å². The van der Waals surface area contributed by atoms with Crippen LogP contribution in [0.25, 0.3) is 0 Å². The van der Waals surface area contributed by atoms with Crippen molar-refractivity contribution in [2.75, 3.05) is 41.3 Å². The molecule has 144 valence electrons. The summed E-state index contributed by atoms with van der Waals surface area (Å²) in [7, 11) is 0. The topological polar surface area (TPSA) is 74.5 Å². The SMILES string of the molecule is Cc1cc(NC(=O)c2cc(N3CCN(c4cccc(Cl)c4)CC3)ccn2)no1. The number of aryl methyl sites for hydroxylation is 1. The van der Waals surface area contributed by atoms with E-state index >= 15 is 0 Å². The van der Waals surface area contributed by atoms with Crippen molar-refractivity contribution >= 4 is 34.7 Å². The molecule has 8 heteroatoms. The predicted octanol–water partition coefficient (Wildman–Crippen LogP) is 3.61. The summed E-state index contributed by atoms with van der Waals surface area (Å²) < 4.78 is 4.97. The molecule has 3 heterocycles. The second-order valence-electron chi connectivity index (χ2n) is 6.63.